The van der Waals surface area contributed by atoms with Crippen molar-refractivity contribution in [2.45, 2.75) is 277 Å². The van der Waals surface area contributed by atoms with Crippen LogP contribution in [0.25, 0.3) is 0 Å². The van der Waals surface area contributed by atoms with Crippen LogP contribution in [0, 0.1) is 0 Å². The second kappa shape index (κ2) is 51.2. The van der Waals surface area contributed by atoms with Crippen LogP contribution in [0.4, 0.5) is 0 Å². The van der Waals surface area contributed by atoms with Gasteiger partial charge in [-0.1, -0.05) is 236 Å². The Labute approximate surface area is 439 Å². The molecule has 2 N–H and O–H groups in total. The van der Waals surface area contributed by atoms with Crippen LogP contribution in [0.3, 0.4) is 0 Å². The Morgan fingerprint density at radius 3 is 1.31 bits per heavy atom. The van der Waals surface area contributed by atoms with Crippen LogP contribution in [0.2, 0.25) is 0 Å². The molecule has 3 unspecified atom stereocenters. The molecule has 0 aromatic heterocycles. The zero-order chi connectivity index (χ0) is 52.2. The normalized spacial score (nSPS) is 14.2. The Balaban J connectivity index is 5.18. The van der Waals surface area contributed by atoms with Crippen LogP contribution < -0.4 is 5.32 Å². The second-order valence-corrected chi connectivity index (χ2v) is 22.6. The number of quaternary nitrogens is 1. The first-order valence-electron chi connectivity index (χ1n) is 29.6. The number of nitrogens with zero attached hydrogens (tertiary/aromatic N) is 1. The molecule has 10 heteroatoms. The summed E-state index contributed by atoms with van der Waals surface area (Å²) in [6.45, 7) is 6.96. The zero-order valence-electron chi connectivity index (χ0n) is 47.2. The zero-order valence-corrected chi connectivity index (χ0v) is 48.1. The van der Waals surface area contributed by atoms with Crippen LogP contribution in [0.1, 0.15) is 265 Å². The number of likely N-dealkylation sites (N-methyl/N-ethyl adjacent to an activating group) is 1. The molecule has 0 heterocycles. The third-order valence-corrected chi connectivity index (χ3v) is 13.9. The van der Waals surface area contributed by atoms with E-state index in [1.807, 2.05) is 33.3 Å². The minimum absolute atomic E-state index is 0.0374. The van der Waals surface area contributed by atoms with E-state index in [1.54, 1.807) is 0 Å². The molecule has 3 atom stereocenters. The van der Waals surface area contributed by atoms with Crippen molar-refractivity contribution in [2.24, 2.45) is 0 Å². The first-order chi connectivity index (χ1) is 34.4. The number of nitrogens with one attached hydrogen (secondary N) is 1. The fourth-order valence-corrected chi connectivity index (χ4v) is 9.07. The van der Waals surface area contributed by atoms with E-state index in [9.17, 15) is 19.0 Å². The number of hydrogen-bond donors (Lipinski definition) is 2. The third kappa shape index (κ3) is 52.4. The Kier molecular flexibility index (Phi) is 49.6. The fraction of sp³-hybridized carbons (Fsp3) is 0.803. The van der Waals surface area contributed by atoms with E-state index >= 15 is 0 Å². The molecule has 0 aliphatic carbocycles. The van der Waals surface area contributed by atoms with Crippen LogP contribution >= 0.6 is 7.82 Å². The van der Waals surface area contributed by atoms with Crippen molar-refractivity contribution < 1.29 is 37.3 Å². The van der Waals surface area contributed by atoms with Gasteiger partial charge in [-0.05, 0) is 76.7 Å². The monoisotopic (exact) mass is 1020 g/mol. The number of esters is 1. The molecule has 71 heavy (non-hydrogen) atoms. The van der Waals surface area contributed by atoms with Gasteiger partial charge >= 0.3 is 13.8 Å². The largest absolute Gasteiger partial charge is 0.472 e. The van der Waals surface area contributed by atoms with Crippen molar-refractivity contribution in [2.75, 3.05) is 40.9 Å². The van der Waals surface area contributed by atoms with Gasteiger partial charge in [0.1, 0.15) is 19.3 Å². The third-order valence-electron chi connectivity index (χ3n) is 13.0. The maximum Gasteiger partial charge on any atom is 0.472 e. The van der Waals surface area contributed by atoms with Gasteiger partial charge in [-0.3, -0.25) is 18.6 Å². The van der Waals surface area contributed by atoms with Crippen molar-refractivity contribution in [3.8, 4) is 0 Å². The van der Waals surface area contributed by atoms with Gasteiger partial charge in [-0.25, -0.2) is 4.57 Å². The molecular formula is C61H114N2O7P+. The summed E-state index contributed by atoms with van der Waals surface area (Å²) in [5.74, 6) is -0.515. The maximum atomic E-state index is 13.5. The summed E-state index contributed by atoms with van der Waals surface area (Å²) in [6.07, 6.45) is 63.6. The molecule has 0 aromatic carbocycles. The van der Waals surface area contributed by atoms with E-state index in [-0.39, 0.29) is 25.1 Å². The smallest absolute Gasteiger partial charge is 0.456 e. The van der Waals surface area contributed by atoms with E-state index in [4.69, 9.17) is 13.8 Å². The number of rotatable bonds is 53. The molecule has 1 amide bonds. The summed E-state index contributed by atoms with van der Waals surface area (Å²) in [6, 6.07) is -0.852. The molecule has 0 radical (unpaired) electrons. The molecule has 9 nitrogen and oxygen atoms in total. The fourth-order valence-electron chi connectivity index (χ4n) is 8.33. The first kappa shape index (κ1) is 68.7. The highest BCUT2D eigenvalue weighted by atomic mass is 31.2. The minimum atomic E-state index is -4.44. The number of allylic oxidation sites excluding steroid dienone is 9. The number of phosphoric acid groups is 1. The predicted molar refractivity (Wildman–Crippen MR) is 305 cm³/mol. The first-order valence-corrected chi connectivity index (χ1v) is 31.1. The Hall–Kier alpha value is -2.29. The van der Waals surface area contributed by atoms with Gasteiger partial charge in [0, 0.05) is 12.8 Å². The number of phosphoric ester groups is 1. The van der Waals surface area contributed by atoms with Crippen molar-refractivity contribution >= 4 is 19.7 Å². The summed E-state index contributed by atoms with van der Waals surface area (Å²) in [4.78, 5) is 37.5. The Bertz CT molecular complexity index is 1400. The molecule has 0 aromatic rings. The average molecular weight is 1020 g/mol. The summed E-state index contributed by atoms with van der Waals surface area (Å²) in [7, 11) is 1.49. The van der Waals surface area contributed by atoms with E-state index in [0.717, 1.165) is 89.9 Å². The highest BCUT2D eigenvalue weighted by molar-refractivity contribution is 7.47. The number of unbranched alkanes of at least 4 members (excludes halogenated alkanes) is 29. The van der Waals surface area contributed by atoms with Crippen molar-refractivity contribution in [3.05, 3.63) is 60.8 Å². The highest BCUT2D eigenvalue weighted by Crippen LogP contribution is 2.43. The SMILES string of the molecule is CCCCC/C=C\C/C=C\C/C=C\C/C=C\CCCCCCCCCC(=O)NC(COP(=O)(O)OCC[N+](C)(C)C)C(/C=C\CCCCCCCCCCC)OC(=O)CCCCCCCCCCCCC. The molecule has 0 spiro atoms. The number of hydrogen-bond acceptors (Lipinski definition) is 6. The maximum absolute atomic E-state index is 13.5. The van der Waals surface area contributed by atoms with Crippen molar-refractivity contribution in [3.63, 3.8) is 0 Å². The molecule has 0 bridgehead atoms. The van der Waals surface area contributed by atoms with Crippen molar-refractivity contribution in [1.82, 2.24) is 5.32 Å². The van der Waals surface area contributed by atoms with E-state index in [1.165, 1.54) is 141 Å². The molecule has 0 saturated heterocycles. The summed E-state index contributed by atoms with van der Waals surface area (Å²) in [5, 5.41) is 3.04. The highest BCUT2D eigenvalue weighted by Gasteiger charge is 2.30. The van der Waals surface area contributed by atoms with Gasteiger partial charge in [0.15, 0.2) is 0 Å². The second-order valence-electron chi connectivity index (χ2n) is 21.2. The number of amides is 1. The quantitative estimate of drug-likeness (QED) is 0.0205. The Morgan fingerprint density at radius 1 is 0.493 bits per heavy atom. The summed E-state index contributed by atoms with van der Waals surface area (Å²) in [5.41, 5.74) is 0. The Morgan fingerprint density at radius 2 is 0.859 bits per heavy atom. The van der Waals surface area contributed by atoms with Crippen molar-refractivity contribution in [1.29, 1.82) is 0 Å². The number of carbonyl (C=O) groups excluding carboxylic acids is 2. The molecule has 0 aliphatic heterocycles. The number of carbonyl (C=O) groups is 2. The van der Waals surface area contributed by atoms with Gasteiger partial charge in [0.05, 0.1) is 33.8 Å². The topological polar surface area (TPSA) is 111 Å². The molecule has 414 valence electrons. The average Bonchev–Trinajstić information content (AvgIpc) is 3.33. The van der Waals surface area contributed by atoms with Gasteiger partial charge in [0.2, 0.25) is 5.91 Å². The summed E-state index contributed by atoms with van der Waals surface area (Å²) >= 11 is 0. The van der Waals surface area contributed by atoms with Gasteiger partial charge in [-0.15, -0.1) is 0 Å². The standard InChI is InChI=1S/C61H113N2O7P/c1-7-10-13-16-19-22-25-26-27-28-29-30-31-32-33-34-35-36-39-41-44-47-50-53-60(64)62-58(57-69-71(66,67)68-56-55-63(4,5)6)59(52-49-46-43-40-37-23-20-17-14-11-8-2)70-61(65)54-51-48-45-42-38-24-21-18-15-12-9-3/h19,22,26-27,29-30,32-33,49,52,58-59H,7-18,20-21,23-25,28,31,34-48,50-51,53-57H2,1-6H3,(H-,62,64,66,67)/p+1/b22-19-,27-26-,30-29-,33-32-,52-49-. The van der Waals surface area contributed by atoms with E-state index in [0.29, 0.717) is 23.9 Å². The van der Waals surface area contributed by atoms with Crippen LogP contribution in [0.5, 0.6) is 0 Å². The van der Waals surface area contributed by atoms with E-state index < -0.39 is 20.0 Å². The summed E-state index contributed by atoms with van der Waals surface area (Å²) < 4.78 is 30.6. The van der Waals surface area contributed by atoms with Gasteiger partial charge < -0.3 is 19.4 Å². The molecule has 0 rings (SSSR count). The number of ether oxygens (including phenoxy) is 1. The lowest BCUT2D eigenvalue weighted by molar-refractivity contribution is -0.870. The lowest BCUT2D eigenvalue weighted by Crippen LogP contribution is -2.47. The van der Waals surface area contributed by atoms with E-state index in [2.05, 4.69) is 74.7 Å². The van der Waals surface area contributed by atoms with Gasteiger partial charge in [0.25, 0.3) is 0 Å². The van der Waals surface area contributed by atoms with Crippen LogP contribution in [0.15, 0.2) is 60.8 Å². The van der Waals surface area contributed by atoms with Crippen LogP contribution in [-0.2, 0) is 27.9 Å². The predicted octanol–water partition coefficient (Wildman–Crippen LogP) is 17.9. The lowest BCUT2D eigenvalue weighted by atomic mass is 10.0. The molecular weight excluding hydrogens is 904 g/mol. The molecule has 0 aliphatic rings. The minimum Gasteiger partial charge on any atom is -0.456 e. The van der Waals surface area contributed by atoms with Gasteiger partial charge in [-0.2, -0.15) is 0 Å². The lowest BCUT2D eigenvalue weighted by Gasteiger charge is -2.27. The van der Waals surface area contributed by atoms with Crippen LogP contribution in [-0.4, -0.2) is 74.3 Å². The molecule has 0 fully saturated rings. The molecule has 0 saturated carbocycles.